The van der Waals surface area contributed by atoms with Gasteiger partial charge in [0.2, 0.25) is 5.91 Å². The predicted octanol–water partition coefficient (Wildman–Crippen LogP) is 3.91. The quantitative estimate of drug-likeness (QED) is 0.689. The maximum atomic E-state index is 11.1. The average molecular weight is 342 g/mol. The van der Waals surface area contributed by atoms with Crippen molar-refractivity contribution < 1.29 is 9.90 Å². The van der Waals surface area contributed by atoms with Crippen LogP contribution in [0.2, 0.25) is 0 Å². The highest BCUT2D eigenvalue weighted by atomic mass is 32.2. The van der Waals surface area contributed by atoms with Gasteiger partial charge in [0.15, 0.2) is 0 Å². The van der Waals surface area contributed by atoms with Crippen molar-refractivity contribution in [2.45, 2.75) is 10.6 Å². The Bertz CT molecular complexity index is 811. The Morgan fingerprint density at radius 2 is 1.83 bits per heavy atom. The molecule has 0 radical (unpaired) electrons. The van der Waals surface area contributed by atoms with Crippen LogP contribution in [0, 0.1) is 0 Å². The molecule has 4 nitrogen and oxygen atoms in total. The van der Waals surface area contributed by atoms with E-state index in [4.69, 9.17) is 5.73 Å². The third-order valence-electron chi connectivity index (χ3n) is 3.19. The smallest absolute Gasteiger partial charge is 0.248 e. The zero-order valence-corrected chi connectivity index (χ0v) is 13.7. The first-order valence-electron chi connectivity index (χ1n) is 6.88. The zero-order chi connectivity index (χ0) is 16.2. The SMILES string of the molecule is NC(=O)c1ccc(-c2nc(CSc3ccc(O)cc3)cs2)cc1. The monoisotopic (exact) mass is 342 g/mol. The van der Waals surface area contributed by atoms with Gasteiger partial charge in [0.25, 0.3) is 0 Å². The Kier molecular flexibility index (Phi) is 4.64. The number of thiazole rings is 1. The molecule has 0 atom stereocenters. The second-order valence-electron chi connectivity index (χ2n) is 4.87. The number of hydrogen-bond donors (Lipinski definition) is 2. The highest BCUT2D eigenvalue weighted by molar-refractivity contribution is 7.98. The van der Waals surface area contributed by atoms with Crippen molar-refractivity contribution in [3.05, 3.63) is 65.2 Å². The van der Waals surface area contributed by atoms with Gasteiger partial charge in [-0.15, -0.1) is 23.1 Å². The minimum Gasteiger partial charge on any atom is -0.508 e. The Morgan fingerprint density at radius 3 is 2.48 bits per heavy atom. The molecule has 3 aromatic rings. The van der Waals surface area contributed by atoms with Crippen LogP contribution >= 0.6 is 23.1 Å². The first-order chi connectivity index (χ1) is 11.1. The van der Waals surface area contributed by atoms with Crippen molar-refractivity contribution in [3.63, 3.8) is 0 Å². The number of primary amides is 1. The third-order valence-corrected chi connectivity index (χ3v) is 5.18. The Hall–Kier alpha value is -2.31. The van der Waals surface area contributed by atoms with Crippen LogP contribution < -0.4 is 5.73 Å². The number of rotatable bonds is 5. The molecule has 0 unspecified atom stereocenters. The lowest BCUT2D eigenvalue weighted by Crippen LogP contribution is -2.10. The number of phenols is 1. The molecule has 6 heteroatoms. The maximum absolute atomic E-state index is 11.1. The Morgan fingerprint density at radius 1 is 1.13 bits per heavy atom. The number of hydrogen-bond acceptors (Lipinski definition) is 5. The van der Waals surface area contributed by atoms with E-state index in [1.165, 1.54) is 0 Å². The molecule has 0 bridgehead atoms. The molecule has 0 aliphatic rings. The molecule has 3 rings (SSSR count). The van der Waals surface area contributed by atoms with Gasteiger partial charge in [-0.3, -0.25) is 4.79 Å². The number of aromatic nitrogens is 1. The Balaban J connectivity index is 1.67. The molecule has 0 saturated heterocycles. The molecule has 116 valence electrons. The van der Waals surface area contributed by atoms with Gasteiger partial charge < -0.3 is 10.8 Å². The minimum absolute atomic E-state index is 0.268. The van der Waals surface area contributed by atoms with Crippen LogP contribution in [-0.2, 0) is 5.75 Å². The number of phenolic OH excluding ortho intramolecular Hbond substituents is 1. The number of aromatic hydroxyl groups is 1. The summed E-state index contributed by atoms with van der Waals surface area (Å²) in [7, 11) is 0. The molecule has 0 fully saturated rings. The van der Waals surface area contributed by atoms with E-state index in [1.807, 2.05) is 29.6 Å². The number of thioether (sulfide) groups is 1. The minimum atomic E-state index is -0.429. The number of nitrogens with two attached hydrogens (primary N) is 1. The predicted molar refractivity (Wildman–Crippen MR) is 93.7 cm³/mol. The highest BCUT2D eigenvalue weighted by Crippen LogP contribution is 2.28. The van der Waals surface area contributed by atoms with E-state index >= 15 is 0 Å². The molecule has 1 heterocycles. The van der Waals surface area contributed by atoms with E-state index in [0.717, 1.165) is 26.9 Å². The van der Waals surface area contributed by atoms with E-state index in [-0.39, 0.29) is 5.75 Å². The first kappa shape index (κ1) is 15.6. The molecule has 23 heavy (non-hydrogen) atoms. The van der Waals surface area contributed by atoms with Crippen molar-refractivity contribution in [2.75, 3.05) is 0 Å². The van der Waals surface area contributed by atoms with Crippen LogP contribution in [0.15, 0.2) is 58.8 Å². The van der Waals surface area contributed by atoms with E-state index < -0.39 is 5.91 Å². The van der Waals surface area contributed by atoms with Crippen LogP contribution in [0.25, 0.3) is 10.6 Å². The summed E-state index contributed by atoms with van der Waals surface area (Å²) in [6.07, 6.45) is 0. The van der Waals surface area contributed by atoms with Crippen molar-refractivity contribution in [2.24, 2.45) is 5.73 Å². The summed E-state index contributed by atoms with van der Waals surface area (Å²) in [5, 5.41) is 12.2. The summed E-state index contributed by atoms with van der Waals surface area (Å²) in [4.78, 5) is 16.8. The molecular formula is C17H14N2O2S2. The number of nitrogens with zero attached hydrogens (tertiary/aromatic N) is 1. The molecule has 0 aliphatic carbocycles. The van der Waals surface area contributed by atoms with Gasteiger partial charge in [-0.1, -0.05) is 12.1 Å². The highest BCUT2D eigenvalue weighted by Gasteiger charge is 2.07. The van der Waals surface area contributed by atoms with Crippen molar-refractivity contribution >= 4 is 29.0 Å². The van der Waals surface area contributed by atoms with E-state index in [9.17, 15) is 9.90 Å². The molecule has 2 aromatic carbocycles. The normalized spacial score (nSPS) is 10.6. The molecule has 0 spiro atoms. The summed E-state index contributed by atoms with van der Waals surface area (Å²) in [6, 6.07) is 14.3. The van der Waals surface area contributed by atoms with Gasteiger partial charge in [0, 0.05) is 27.2 Å². The number of amides is 1. The number of carbonyl (C=O) groups is 1. The van der Waals surface area contributed by atoms with Gasteiger partial charge in [-0.2, -0.15) is 0 Å². The zero-order valence-electron chi connectivity index (χ0n) is 12.1. The van der Waals surface area contributed by atoms with E-state index in [0.29, 0.717) is 5.56 Å². The van der Waals surface area contributed by atoms with Crippen LogP contribution in [0.1, 0.15) is 16.1 Å². The molecular weight excluding hydrogens is 328 g/mol. The molecule has 1 aromatic heterocycles. The lowest BCUT2D eigenvalue weighted by Gasteiger charge is -2.00. The first-order valence-corrected chi connectivity index (χ1v) is 8.75. The van der Waals surface area contributed by atoms with E-state index in [1.54, 1.807) is 47.4 Å². The third kappa shape index (κ3) is 3.91. The summed E-state index contributed by atoms with van der Waals surface area (Å²) in [5.74, 6) is 0.604. The van der Waals surface area contributed by atoms with Crippen LogP contribution in [0.4, 0.5) is 0 Å². The largest absolute Gasteiger partial charge is 0.508 e. The van der Waals surface area contributed by atoms with Gasteiger partial charge in [-0.25, -0.2) is 4.98 Å². The second-order valence-corrected chi connectivity index (χ2v) is 6.78. The second kappa shape index (κ2) is 6.85. The average Bonchev–Trinajstić information content (AvgIpc) is 3.03. The fourth-order valence-electron chi connectivity index (χ4n) is 1.98. The van der Waals surface area contributed by atoms with Crippen molar-refractivity contribution in [1.29, 1.82) is 0 Å². The summed E-state index contributed by atoms with van der Waals surface area (Å²) < 4.78 is 0. The lowest BCUT2D eigenvalue weighted by atomic mass is 10.1. The number of carbonyl (C=O) groups excluding carboxylic acids is 1. The molecule has 0 aliphatic heterocycles. The molecule has 1 amide bonds. The summed E-state index contributed by atoms with van der Waals surface area (Å²) in [5.41, 5.74) is 7.71. The fourth-order valence-corrected chi connectivity index (χ4v) is 3.70. The van der Waals surface area contributed by atoms with Crippen molar-refractivity contribution in [1.82, 2.24) is 4.98 Å². The van der Waals surface area contributed by atoms with Gasteiger partial charge in [0.1, 0.15) is 10.8 Å². The fraction of sp³-hybridized carbons (Fsp3) is 0.0588. The van der Waals surface area contributed by atoms with Crippen LogP contribution in [0.3, 0.4) is 0 Å². The molecule has 0 saturated carbocycles. The van der Waals surface area contributed by atoms with Gasteiger partial charge in [-0.05, 0) is 36.4 Å². The Labute approximate surface area is 142 Å². The summed E-state index contributed by atoms with van der Waals surface area (Å²) in [6.45, 7) is 0. The molecule has 3 N–H and O–H groups in total. The van der Waals surface area contributed by atoms with Crippen molar-refractivity contribution in [3.8, 4) is 16.3 Å². The topological polar surface area (TPSA) is 76.2 Å². The summed E-state index contributed by atoms with van der Waals surface area (Å²) >= 11 is 3.24. The maximum Gasteiger partial charge on any atom is 0.248 e. The number of benzene rings is 2. The standard InChI is InChI=1S/C17H14N2O2S2/c18-16(21)11-1-3-12(4-2-11)17-19-13(10-23-17)9-22-15-7-5-14(20)6-8-15/h1-8,10,20H,9H2,(H2,18,21). The van der Waals surface area contributed by atoms with E-state index in [2.05, 4.69) is 4.98 Å². The van der Waals surface area contributed by atoms with Crippen LogP contribution in [-0.4, -0.2) is 16.0 Å². The van der Waals surface area contributed by atoms with Crippen LogP contribution in [0.5, 0.6) is 5.75 Å². The lowest BCUT2D eigenvalue weighted by molar-refractivity contribution is 0.100. The van der Waals surface area contributed by atoms with Gasteiger partial charge >= 0.3 is 0 Å². The van der Waals surface area contributed by atoms with Gasteiger partial charge in [0.05, 0.1) is 5.69 Å².